The third-order valence-electron chi connectivity index (χ3n) is 6.74. The maximum Gasteiger partial charge on any atom is 3.00 e. The van der Waals surface area contributed by atoms with Crippen LogP contribution in [0.2, 0.25) is 0 Å². The molecule has 15 heteroatoms. The van der Waals surface area contributed by atoms with E-state index in [4.69, 9.17) is 0 Å². The Bertz CT molecular complexity index is 780. The average molecular weight is 684 g/mol. The van der Waals surface area contributed by atoms with Gasteiger partial charge in [0.15, 0.2) is 0 Å². The number of hydrogen-bond acceptors (Lipinski definition) is 12. The van der Waals surface area contributed by atoms with Crippen molar-refractivity contribution < 1.29 is 84.3 Å². The Balaban J connectivity index is 0.00000722. The molecule has 0 aromatic heterocycles. The minimum atomic E-state index is -1.30. The summed E-state index contributed by atoms with van der Waals surface area (Å²) in [5.74, 6) is -5.34. The second-order valence-corrected chi connectivity index (χ2v) is 9.57. The summed E-state index contributed by atoms with van der Waals surface area (Å²) >= 11 is 0. The van der Waals surface area contributed by atoms with Gasteiger partial charge in [0.1, 0.15) is 6.54 Å². The third-order valence-corrected chi connectivity index (χ3v) is 6.74. The van der Waals surface area contributed by atoms with E-state index in [9.17, 15) is 44.4 Å². The number of carbonyl (C=O) groups is 5. The van der Waals surface area contributed by atoms with E-state index in [1.54, 1.807) is 19.6 Å². The van der Waals surface area contributed by atoms with Crippen molar-refractivity contribution >= 4 is 29.8 Å². The topological polar surface area (TPSA) is 191 Å². The molecule has 0 bridgehead atoms. The molecule has 1 aliphatic heterocycles. The molecule has 2 rings (SSSR count). The first-order valence-corrected chi connectivity index (χ1v) is 12.5. The van der Waals surface area contributed by atoms with Gasteiger partial charge in [0.25, 0.3) is 0 Å². The zero-order valence-electron chi connectivity index (χ0n) is 21.4. The van der Waals surface area contributed by atoms with Crippen molar-refractivity contribution in [3.8, 4) is 0 Å². The Kier molecular flexibility index (Phi) is 16.3. The maximum atomic E-state index is 13.2. The first kappa shape index (κ1) is 34.5. The normalized spacial score (nSPS) is 19.6. The number of amides is 1. The molecule has 0 aromatic carbocycles. The fourth-order valence-electron chi connectivity index (χ4n) is 4.82. The Morgan fingerprint density at radius 1 is 0.632 bits per heavy atom. The maximum absolute atomic E-state index is 13.2. The zero-order valence-corrected chi connectivity index (χ0v) is 23.7. The molecule has 1 amide bonds. The van der Waals surface area contributed by atoms with Gasteiger partial charge in [0, 0.05) is 78.0 Å². The van der Waals surface area contributed by atoms with Gasteiger partial charge in [0.2, 0.25) is 5.91 Å². The van der Waals surface area contributed by atoms with Gasteiger partial charge in [-0.25, -0.2) is 0 Å². The molecule has 1 heterocycles. The monoisotopic (exact) mass is 684 g/mol. The van der Waals surface area contributed by atoms with Crippen molar-refractivity contribution in [1.29, 1.82) is 0 Å². The van der Waals surface area contributed by atoms with Crippen LogP contribution in [0.3, 0.4) is 0 Å². The van der Waals surface area contributed by atoms with Crippen LogP contribution in [0.25, 0.3) is 0 Å². The van der Waals surface area contributed by atoms with Gasteiger partial charge in [-0.05, 0) is 12.8 Å². The van der Waals surface area contributed by atoms with Gasteiger partial charge >= 0.3 is 45.9 Å². The standard InChI is InChI=1S/C23H39N5O9.Gd/c29-19(28(17-23(36)37)18-3-1-2-4-18)13-24-5-7-25(14-20(30)31)9-11-27(16-22(34)35)12-10-26(8-6-24)15-21(32)33;/h18H,1-17H2,(H,30,31)(H,32,33)(H,34,35)(H,36,37);/q;+3/p-3. The second kappa shape index (κ2) is 18.0. The van der Waals surface area contributed by atoms with Gasteiger partial charge in [-0.1, -0.05) is 12.8 Å². The average Bonchev–Trinajstić information content (AvgIpc) is 3.32. The molecule has 14 nitrogen and oxygen atoms in total. The van der Waals surface area contributed by atoms with E-state index in [0.717, 1.165) is 25.7 Å². The van der Waals surface area contributed by atoms with E-state index < -0.39 is 30.4 Å². The summed E-state index contributed by atoms with van der Waals surface area (Å²) < 4.78 is 0. The molecule has 2 aliphatic rings. The van der Waals surface area contributed by atoms with E-state index in [2.05, 4.69) is 0 Å². The predicted octanol–water partition coefficient (Wildman–Crippen LogP) is -5.69. The Labute approximate surface area is 254 Å². The number of carboxylic acids is 4. The van der Waals surface area contributed by atoms with Crippen LogP contribution in [0.15, 0.2) is 0 Å². The summed E-state index contributed by atoms with van der Waals surface area (Å²) in [6.45, 7) is 0.114. The van der Waals surface area contributed by atoms with Crippen LogP contribution < -0.4 is 15.3 Å². The molecule has 1 saturated heterocycles. The number of carbonyl (C=O) groups excluding carboxylic acids is 4. The third kappa shape index (κ3) is 13.5. The van der Waals surface area contributed by atoms with Crippen molar-refractivity contribution in [2.75, 3.05) is 85.1 Å². The van der Waals surface area contributed by atoms with Crippen LogP contribution in [0, 0.1) is 39.9 Å². The molecule has 38 heavy (non-hydrogen) atoms. The van der Waals surface area contributed by atoms with Crippen LogP contribution >= 0.6 is 0 Å². The summed E-state index contributed by atoms with van der Waals surface area (Å²) in [5.41, 5.74) is 0. The van der Waals surface area contributed by atoms with Crippen LogP contribution in [0.1, 0.15) is 25.7 Å². The van der Waals surface area contributed by atoms with Crippen molar-refractivity contribution in [2.45, 2.75) is 31.7 Å². The molecule has 0 aromatic rings. The smallest absolute Gasteiger partial charge is 0.549 e. The van der Waals surface area contributed by atoms with Gasteiger partial charge in [-0.3, -0.25) is 29.2 Å². The Morgan fingerprint density at radius 2 is 0.947 bits per heavy atom. The summed E-state index contributed by atoms with van der Waals surface area (Å²) in [7, 11) is 0. The second-order valence-electron chi connectivity index (χ2n) is 9.57. The Morgan fingerprint density at radius 3 is 1.24 bits per heavy atom. The minimum Gasteiger partial charge on any atom is -0.549 e. The molecule has 0 atom stereocenters. The minimum absolute atomic E-state index is 0. The number of hydrogen-bond donors (Lipinski definition) is 1. The molecule has 1 saturated carbocycles. The fraction of sp³-hybridized carbons (Fsp3) is 0.783. The number of aliphatic carboxylic acids is 4. The fourth-order valence-corrected chi connectivity index (χ4v) is 4.82. The van der Waals surface area contributed by atoms with Crippen molar-refractivity contribution in [2.24, 2.45) is 0 Å². The number of carboxylic acid groups (broad SMARTS) is 4. The summed E-state index contributed by atoms with van der Waals surface area (Å²) in [5, 5.41) is 43.0. The molecular formula is C23H36GdN5O9. The molecule has 1 radical (unpaired) electrons. The molecule has 1 aliphatic carbocycles. The molecule has 0 unspecified atom stereocenters. The van der Waals surface area contributed by atoms with Crippen molar-refractivity contribution in [1.82, 2.24) is 24.5 Å². The SMILES string of the molecule is O=C([O-])CN1CCN(CC(=O)[O-])CCN(CC(=O)N(CC(=O)O)C2CCCC2)CCN(CC(=O)[O-])CC1.[Gd+3]. The molecular weight excluding hydrogens is 648 g/mol. The quantitative estimate of drug-likeness (QED) is 0.217. The van der Waals surface area contributed by atoms with Crippen molar-refractivity contribution in [3.05, 3.63) is 0 Å². The number of rotatable bonds is 11. The zero-order chi connectivity index (χ0) is 27.4. The van der Waals surface area contributed by atoms with E-state index in [0.29, 0.717) is 0 Å². The molecule has 1 N–H and O–H groups in total. The largest absolute Gasteiger partial charge is 3.00 e. The van der Waals surface area contributed by atoms with Gasteiger partial charge in [0.05, 0.1) is 24.5 Å². The van der Waals surface area contributed by atoms with Crippen LogP contribution in [-0.4, -0.2) is 151 Å². The molecule has 215 valence electrons. The van der Waals surface area contributed by atoms with Crippen LogP contribution in [0.5, 0.6) is 0 Å². The van der Waals surface area contributed by atoms with Gasteiger partial charge in [-0.15, -0.1) is 0 Å². The summed E-state index contributed by atoms with van der Waals surface area (Å²) in [4.78, 5) is 66.2. The Hall–Kier alpha value is -1.49. The van der Waals surface area contributed by atoms with Gasteiger partial charge < -0.3 is 39.7 Å². The predicted molar refractivity (Wildman–Crippen MR) is 122 cm³/mol. The van der Waals surface area contributed by atoms with E-state index in [-0.39, 0.29) is 130 Å². The van der Waals surface area contributed by atoms with E-state index >= 15 is 0 Å². The number of nitrogens with zero attached hydrogens (tertiary/aromatic N) is 5. The van der Waals surface area contributed by atoms with E-state index in [1.807, 2.05) is 0 Å². The first-order valence-electron chi connectivity index (χ1n) is 12.5. The molecule has 0 spiro atoms. The molecule has 2 fully saturated rings. The van der Waals surface area contributed by atoms with Crippen molar-refractivity contribution in [3.63, 3.8) is 0 Å². The van der Waals surface area contributed by atoms with Crippen LogP contribution in [-0.2, 0) is 24.0 Å². The summed E-state index contributed by atoms with van der Waals surface area (Å²) in [6, 6.07) is -0.144. The van der Waals surface area contributed by atoms with Gasteiger partial charge in [-0.2, -0.15) is 0 Å². The summed E-state index contributed by atoms with van der Waals surface area (Å²) in [6.07, 6.45) is 3.31. The van der Waals surface area contributed by atoms with Crippen LogP contribution in [0.4, 0.5) is 0 Å². The first-order chi connectivity index (χ1) is 17.5. The van der Waals surface area contributed by atoms with E-state index in [1.165, 1.54) is 4.90 Å².